The van der Waals surface area contributed by atoms with Crippen molar-refractivity contribution in [3.63, 3.8) is 0 Å². The number of anilines is 1. The predicted molar refractivity (Wildman–Crippen MR) is 108 cm³/mol. The summed E-state index contributed by atoms with van der Waals surface area (Å²) in [7, 11) is 0. The number of pyridine rings is 1. The highest BCUT2D eigenvalue weighted by Gasteiger charge is 2.13. The fraction of sp³-hybridized carbons (Fsp3) is 0.0500. The number of benzene rings is 2. The third-order valence-corrected chi connectivity index (χ3v) is 4.81. The Balaban J connectivity index is 1.47. The van der Waals surface area contributed by atoms with Crippen molar-refractivity contribution in [2.24, 2.45) is 0 Å². The summed E-state index contributed by atoms with van der Waals surface area (Å²) in [6.07, 6.45) is 3.59. The fourth-order valence-electron chi connectivity index (χ4n) is 3.13. The van der Waals surface area contributed by atoms with E-state index in [9.17, 15) is 0 Å². The Kier molecular flexibility index (Phi) is 3.76. The number of aromatic amines is 2. The number of halogens is 1. The van der Waals surface area contributed by atoms with E-state index in [0.717, 1.165) is 45.7 Å². The van der Waals surface area contributed by atoms with Crippen molar-refractivity contribution in [1.29, 1.82) is 0 Å². The van der Waals surface area contributed by atoms with E-state index in [-0.39, 0.29) is 0 Å². The third-order valence-electron chi connectivity index (χ3n) is 4.50. The zero-order chi connectivity index (χ0) is 18.2. The minimum atomic E-state index is 0.619. The Morgan fingerprint density at radius 2 is 1.93 bits per heavy atom. The van der Waals surface area contributed by atoms with Crippen LogP contribution in [0.5, 0.6) is 0 Å². The molecule has 0 spiro atoms. The Bertz CT molecular complexity index is 1240. The zero-order valence-electron chi connectivity index (χ0n) is 14.2. The van der Waals surface area contributed by atoms with Crippen LogP contribution in [0.4, 0.5) is 5.69 Å². The predicted octanol–water partition coefficient (Wildman–Crippen LogP) is 4.77. The van der Waals surface area contributed by atoms with Gasteiger partial charge in [-0.15, -0.1) is 0 Å². The molecule has 3 N–H and O–H groups in total. The quantitative estimate of drug-likeness (QED) is 0.423. The van der Waals surface area contributed by atoms with Crippen LogP contribution in [-0.4, -0.2) is 25.1 Å². The first-order chi connectivity index (χ1) is 13.3. The van der Waals surface area contributed by atoms with E-state index in [1.807, 2.05) is 42.5 Å². The molecular formula is C20H15ClN6. The number of hydrogen-bond donors (Lipinski definition) is 3. The topological polar surface area (TPSA) is 82.3 Å². The Morgan fingerprint density at radius 3 is 2.81 bits per heavy atom. The van der Waals surface area contributed by atoms with E-state index < -0.39 is 0 Å². The fourth-order valence-corrected chi connectivity index (χ4v) is 3.34. The molecule has 0 radical (unpaired) electrons. The lowest BCUT2D eigenvalue weighted by Crippen LogP contribution is -1.98. The molecule has 0 saturated heterocycles. The average Bonchev–Trinajstić information content (AvgIpc) is 3.31. The molecule has 132 valence electrons. The Labute approximate surface area is 159 Å². The van der Waals surface area contributed by atoms with E-state index in [4.69, 9.17) is 11.6 Å². The molecule has 5 rings (SSSR count). The smallest absolute Gasteiger partial charge is 0.157 e. The van der Waals surface area contributed by atoms with E-state index in [2.05, 4.69) is 36.5 Å². The minimum absolute atomic E-state index is 0.619. The molecule has 0 fully saturated rings. The third kappa shape index (κ3) is 2.90. The molecule has 0 unspecified atom stereocenters. The molecule has 0 saturated carbocycles. The average molecular weight is 375 g/mol. The Morgan fingerprint density at radius 1 is 1.04 bits per heavy atom. The number of nitrogens with zero attached hydrogens (tertiary/aromatic N) is 3. The second-order valence-electron chi connectivity index (χ2n) is 6.26. The number of rotatable bonds is 4. The maximum absolute atomic E-state index is 6.22. The van der Waals surface area contributed by atoms with E-state index >= 15 is 0 Å². The standard InChI is InChI=1S/C20H15ClN6/c21-15-3-1-2-14-18(15)26-27-19(14)20-24-16-5-4-13(10-17(16)25-20)23-11-12-6-8-22-9-7-12/h1-10,23H,11H2,(H,24,25)(H,26,27). The van der Waals surface area contributed by atoms with Crippen molar-refractivity contribution in [2.75, 3.05) is 5.32 Å². The van der Waals surface area contributed by atoms with Gasteiger partial charge in [0.2, 0.25) is 0 Å². The molecule has 3 aromatic heterocycles. The van der Waals surface area contributed by atoms with Crippen molar-refractivity contribution >= 4 is 39.2 Å². The van der Waals surface area contributed by atoms with Crippen LogP contribution in [-0.2, 0) is 6.54 Å². The molecular weight excluding hydrogens is 360 g/mol. The van der Waals surface area contributed by atoms with E-state index in [1.165, 1.54) is 5.56 Å². The summed E-state index contributed by atoms with van der Waals surface area (Å²) in [5.41, 5.74) is 5.62. The van der Waals surface area contributed by atoms with Crippen LogP contribution in [0.1, 0.15) is 5.56 Å². The second-order valence-corrected chi connectivity index (χ2v) is 6.67. The summed E-state index contributed by atoms with van der Waals surface area (Å²) in [5, 5.41) is 12.3. The van der Waals surface area contributed by atoms with Gasteiger partial charge in [-0.25, -0.2) is 4.98 Å². The SMILES string of the molecule is Clc1cccc2c(-c3nc4ccc(NCc5ccncc5)cc4[nH]3)[nH]nc12. The van der Waals surface area contributed by atoms with Gasteiger partial charge in [0.05, 0.1) is 16.1 Å². The number of para-hydroxylation sites is 1. The normalized spacial score (nSPS) is 11.3. The van der Waals surface area contributed by atoms with E-state index in [1.54, 1.807) is 12.4 Å². The van der Waals surface area contributed by atoms with Gasteiger partial charge in [0.25, 0.3) is 0 Å². The first-order valence-electron chi connectivity index (χ1n) is 8.53. The van der Waals surface area contributed by atoms with Crippen LogP contribution in [0.25, 0.3) is 33.5 Å². The molecule has 0 aliphatic rings. The molecule has 5 aromatic rings. The molecule has 2 aromatic carbocycles. The molecule has 0 bridgehead atoms. The summed E-state index contributed by atoms with van der Waals surface area (Å²) < 4.78 is 0. The number of nitrogens with one attached hydrogen (secondary N) is 3. The van der Waals surface area contributed by atoms with Gasteiger partial charge in [-0.05, 0) is 42.0 Å². The molecule has 6 nitrogen and oxygen atoms in total. The van der Waals surface area contributed by atoms with Gasteiger partial charge in [0, 0.05) is 30.0 Å². The molecule has 27 heavy (non-hydrogen) atoms. The van der Waals surface area contributed by atoms with Gasteiger partial charge in [-0.3, -0.25) is 10.1 Å². The monoisotopic (exact) mass is 374 g/mol. The maximum Gasteiger partial charge on any atom is 0.157 e. The van der Waals surface area contributed by atoms with Crippen LogP contribution < -0.4 is 5.32 Å². The molecule has 0 aliphatic heterocycles. The Hall–Kier alpha value is -3.38. The highest BCUT2D eigenvalue weighted by Crippen LogP contribution is 2.30. The first-order valence-corrected chi connectivity index (χ1v) is 8.91. The largest absolute Gasteiger partial charge is 0.381 e. The first kappa shape index (κ1) is 15.8. The van der Waals surface area contributed by atoms with Gasteiger partial charge in [0.1, 0.15) is 11.2 Å². The van der Waals surface area contributed by atoms with Crippen LogP contribution >= 0.6 is 11.6 Å². The summed E-state index contributed by atoms with van der Waals surface area (Å²) in [6, 6.07) is 15.8. The van der Waals surface area contributed by atoms with Gasteiger partial charge >= 0.3 is 0 Å². The van der Waals surface area contributed by atoms with Gasteiger partial charge < -0.3 is 10.3 Å². The lowest BCUT2D eigenvalue weighted by atomic mass is 10.2. The van der Waals surface area contributed by atoms with Crippen molar-refractivity contribution in [2.45, 2.75) is 6.54 Å². The van der Waals surface area contributed by atoms with Crippen LogP contribution in [0.2, 0.25) is 5.02 Å². The minimum Gasteiger partial charge on any atom is -0.381 e. The van der Waals surface area contributed by atoms with Crippen LogP contribution in [0, 0.1) is 0 Å². The lowest BCUT2D eigenvalue weighted by molar-refractivity contribution is 1.11. The number of aromatic nitrogens is 5. The summed E-state index contributed by atoms with van der Waals surface area (Å²) in [6.45, 7) is 0.735. The number of H-pyrrole nitrogens is 2. The summed E-state index contributed by atoms with van der Waals surface area (Å²) in [4.78, 5) is 12.1. The molecule has 7 heteroatoms. The lowest BCUT2D eigenvalue weighted by Gasteiger charge is -2.05. The van der Waals surface area contributed by atoms with Gasteiger partial charge in [-0.1, -0.05) is 23.7 Å². The van der Waals surface area contributed by atoms with Crippen molar-refractivity contribution in [3.05, 3.63) is 71.5 Å². The number of hydrogen-bond acceptors (Lipinski definition) is 4. The molecule has 0 aliphatic carbocycles. The van der Waals surface area contributed by atoms with Crippen molar-refractivity contribution in [3.8, 4) is 11.5 Å². The second kappa shape index (κ2) is 6.41. The molecule has 0 atom stereocenters. The highest BCUT2D eigenvalue weighted by molar-refractivity contribution is 6.35. The highest BCUT2D eigenvalue weighted by atomic mass is 35.5. The summed E-state index contributed by atoms with van der Waals surface area (Å²) >= 11 is 6.22. The van der Waals surface area contributed by atoms with Crippen LogP contribution in [0.3, 0.4) is 0 Å². The van der Waals surface area contributed by atoms with Crippen molar-refractivity contribution < 1.29 is 0 Å². The number of imidazole rings is 1. The van der Waals surface area contributed by atoms with Crippen LogP contribution in [0.15, 0.2) is 60.9 Å². The molecule has 0 amide bonds. The summed E-state index contributed by atoms with van der Waals surface area (Å²) in [5.74, 6) is 0.737. The van der Waals surface area contributed by atoms with Gasteiger partial charge in [0.15, 0.2) is 5.82 Å². The molecule has 3 heterocycles. The van der Waals surface area contributed by atoms with Gasteiger partial charge in [-0.2, -0.15) is 5.10 Å². The van der Waals surface area contributed by atoms with E-state index in [0.29, 0.717) is 5.02 Å². The maximum atomic E-state index is 6.22. The number of fused-ring (bicyclic) bond motifs is 2. The zero-order valence-corrected chi connectivity index (χ0v) is 15.0. The van der Waals surface area contributed by atoms with Crippen molar-refractivity contribution in [1.82, 2.24) is 25.1 Å².